The maximum atomic E-state index is 13.6. The lowest BCUT2D eigenvalue weighted by Gasteiger charge is -2.12. The van der Waals surface area contributed by atoms with Crippen LogP contribution in [-0.2, 0) is 16.2 Å². The van der Waals surface area contributed by atoms with E-state index in [1.807, 2.05) is 0 Å². The van der Waals surface area contributed by atoms with Gasteiger partial charge in [-0.25, -0.2) is 14.1 Å². The number of rotatable bonds is 10. The van der Waals surface area contributed by atoms with Crippen LogP contribution in [0.15, 0.2) is 60.4 Å². The van der Waals surface area contributed by atoms with Crippen LogP contribution in [0.2, 0.25) is 0 Å². The molecular weight excluding hydrogens is 407 g/mol. The van der Waals surface area contributed by atoms with E-state index in [9.17, 15) is 26.9 Å². The second kappa shape index (κ2) is 11.3. The van der Waals surface area contributed by atoms with E-state index in [0.717, 1.165) is 5.56 Å². The van der Waals surface area contributed by atoms with Crippen molar-refractivity contribution < 1.29 is 36.6 Å². The molecule has 30 heavy (non-hydrogen) atoms. The number of aryl methyl sites for hydroxylation is 1. The van der Waals surface area contributed by atoms with E-state index < -0.39 is 31.0 Å². The highest BCUT2D eigenvalue weighted by molar-refractivity contribution is 6.17. The third kappa shape index (κ3) is 7.50. The molecule has 0 aliphatic carbocycles. The SMILES string of the molecule is O=C(OF)C(=C(CF)Oc1ccc(CCCCCC(F)(F)F)cc1)c1ccccc1. The number of halogens is 5. The summed E-state index contributed by atoms with van der Waals surface area (Å²) in [5.74, 6) is -1.54. The molecule has 0 N–H and O–H groups in total. The Bertz CT molecular complexity index is 830. The fourth-order valence-corrected chi connectivity index (χ4v) is 2.88. The molecule has 0 heterocycles. The lowest BCUT2D eigenvalue weighted by molar-refractivity contribution is -0.175. The Kier molecular flexibility index (Phi) is 8.83. The molecule has 2 aromatic rings. The van der Waals surface area contributed by atoms with Gasteiger partial charge in [0.25, 0.3) is 0 Å². The van der Waals surface area contributed by atoms with Crippen molar-refractivity contribution in [2.45, 2.75) is 38.3 Å². The lowest BCUT2D eigenvalue weighted by atomic mass is 10.0. The van der Waals surface area contributed by atoms with E-state index in [2.05, 4.69) is 4.94 Å². The Labute approximate surface area is 171 Å². The van der Waals surface area contributed by atoms with Gasteiger partial charge in [0, 0.05) is 10.9 Å². The standard InChI is InChI=1S/C22H21F5O3/c23-15-19(20(21(28)30-27)17-8-4-1-5-9-17)29-18-12-10-16(11-13-18)7-3-2-6-14-22(24,25)26/h1,4-5,8-13H,2-3,6-7,14-15H2. The first-order valence-electron chi connectivity index (χ1n) is 9.35. The summed E-state index contributed by atoms with van der Waals surface area (Å²) in [5.41, 5.74) is 0.754. The van der Waals surface area contributed by atoms with Crippen LogP contribution in [0.4, 0.5) is 22.1 Å². The van der Waals surface area contributed by atoms with Crippen molar-refractivity contribution in [3.63, 3.8) is 0 Å². The van der Waals surface area contributed by atoms with Crippen molar-refractivity contribution in [2.24, 2.45) is 0 Å². The normalized spacial score (nSPS) is 12.3. The molecule has 0 saturated heterocycles. The van der Waals surface area contributed by atoms with Crippen LogP contribution in [0.3, 0.4) is 0 Å². The molecule has 0 radical (unpaired) electrons. The first kappa shape index (κ1) is 23.4. The minimum absolute atomic E-state index is 0.0856. The number of ether oxygens (including phenoxy) is 1. The van der Waals surface area contributed by atoms with E-state index in [1.54, 1.807) is 42.5 Å². The molecule has 8 heteroatoms. The van der Waals surface area contributed by atoms with Crippen molar-refractivity contribution in [3.8, 4) is 5.75 Å². The van der Waals surface area contributed by atoms with Crippen LogP contribution >= 0.6 is 0 Å². The molecule has 0 bridgehead atoms. The van der Waals surface area contributed by atoms with Gasteiger partial charge >= 0.3 is 12.1 Å². The molecular formula is C22H21F5O3. The molecule has 0 spiro atoms. The molecule has 0 aliphatic heterocycles. The monoisotopic (exact) mass is 428 g/mol. The minimum atomic E-state index is -4.13. The third-order valence-corrected chi connectivity index (χ3v) is 4.33. The summed E-state index contributed by atoms with van der Waals surface area (Å²) in [6.07, 6.45) is -3.18. The molecule has 0 atom stereocenters. The Morgan fingerprint density at radius 2 is 1.57 bits per heavy atom. The number of carbonyl (C=O) groups excluding carboxylic acids is 1. The second-order valence-corrected chi connectivity index (χ2v) is 6.58. The molecule has 0 amide bonds. The van der Waals surface area contributed by atoms with Crippen LogP contribution in [0.25, 0.3) is 5.57 Å². The van der Waals surface area contributed by atoms with Gasteiger partial charge in [0.05, 0.1) is 0 Å². The zero-order valence-electron chi connectivity index (χ0n) is 16.1. The number of allylic oxidation sites excluding steroid dienone is 1. The molecule has 0 saturated carbocycles. The number of benzene rings is 2. The van der Waals surface area contributed by atoms with Crippen LogP contribution < -0.4 is 4.74 Å². The fraction of sp³-hybridized carbons (Fsp3) is 0.318. The topological polar surface area (TPSA) is 35.5 Å². The summed E-state index contributed by atoms with van der Waals surface area (Å²) >= 11 is 0. The number of hydrogen-bond donors (Lipinski definition) is 0. The summed E-state index contributed by atoms with van der Waals surface area (Å²) < 4.78 is 67.9. The average Bonchev–Trinajstić information content (AvgIpc) is 2.73. The van der Waals surface area contributed by atoms with E-state index in [0.29, 0.717) is 19.3 Å². The van der Waals surface area contributed by atoms with Gasteiger partial charge in [0.15, 0.2) is 5.76 Å². The van der Waals surface area contributed by atoms with Gasteiger partial charge in [-0.3, -0.25) is 0 Å². The summed E-state index contributed by atoms with van der Waals surface area (Å²) in [7, 11) is 0. The lowest BCUT2D eigenvalue weighted by Crippen LogP contribution is -2.11. The predicted molar refractivity (Wildman–Crippen MR) is 102 cm³/mol. The van der Waals surface area contributed by atoms with E-state index >= 15 is 0 Å². The summed E-state index contributed by atoms with van der Waals surface area (Å²) in [6, 6.07) is 14.4. The van der Waals surface area contributed by atoms with Gasteiger partial charge in [0.2, 0.25) is 0 Å². The minimum Gasteiger partial charge on any atom is -0.458 e. The second-order valence-electron chi connectivity index (χ2n) is 6.58. The average molecular weight is 428 g/mol. The van der Waals surface area contributed by atoms with Gasteiger partial charge < -0.3 is 4.74 Å². The highest BCUT2D eigenvalue weighted by atomic mass is 19.4. The summed E-state index contributed by atoms with van der Waals surface area (Å²) in [6.45, 7) is -1.17. The molecule has 0 aromatic heterocycles. The van der Waals surface area contributed by atoms with Crippen LogP contribution in [-0.4, -0.2) is 18.8 Å². The first-order valence-corrected chi connectivity index (χ1v) is 9.35. The predicted octanol–water partition coefficient (Wildman–Crippen LogP) is 6.54. The molecule has 2 rings (SSSR count). The van der Waals surface area contributed by atoms with Gasteiger partial charge in [-0.1, -0.05) is 48.9 Å². The van der Waals surface area contributed by atoms with Gasteiger partial charge in [0.1, 0.15) is 18.0 Å². The maximum Gasteiger partial charge on any atom is 0.389 e. The molecule has 162 valence electrons. The van der Waals surface area contributed by atoms with Crippen LogP contribution in [0, 0.1) is 0 Å². The smallest absolute Gasteiger partial charge is 0.389 e. The van der Waals surface area contributed by atoms with Gasteiger partial charge in [-0.2, -0.15) is 13.2 Å². The largest absolute Gasteiger partial charge is 0.458 e. The Hall–Kier alpha value is -2.90. The molecule has 0 fully saturated rings. The number of unbranched alkanes of at least 4 members (excludes halogenated alkanes) is 2. The quantitative estimate of drug-likeness (QED) is 0.187. The molecule has 0 unspecified atom stereocenters. The highest BCUT2D eigenvalue weighted by Gasteiger charge is 2.25. The Morgan fingerprint density at radius 1 is 0.900 bits per heavy atom. The van der Waals surface area contributed by atoms with Crippen molar-refractivity contribution in [2.75, 3.05) is 6.67 Å². The molecule has 0 aliphatic rings. The van der Waals surface area contributed by atoms with Gasteiger partial charge in [-0.15, -0.1) is 0 Å². The van der Waals surface area contributed by atoms with Crippen molar-refractivity contribution in [1.82, 2.24) is 0 Å². The highest BCUT2D eigenvalue weighted by Crippen LogP contribution is 2.26. The van der Waals surface area contributed by atoms with Gasteiger partial charge in [-0.05, 0) is 42.5 Å². The number of carbonyl (C=O) groups is 1. The van der Waals surface area contributed by atoms with Crippen LogP contribution in [0.1, 0.15) is 36.8 Å². The van der Waals surface area contributed by atoms with E-state index in [1.165, 1.54) is 12.1 Å². The van der Waals surface area contributed by atoms with Crippen molar-refractivity contribution in [1.29, 1.82) is 0 Å². The van der Waals surface area contributed by atoms with E-state index in [4.69, 9.17) is 4.74 Å². The third-order valence-electron chi connectivity index (χ3n) is 4.33. The van der Waals surface area contributed by atoms with E-state index in [-0.39, 0.29) is 23.3 Å². The number of alkyl halides is 4. The fourth-order valence-electron chi connectivity index (χ4n) is 2.88. The first-order chi connectivity index (χ1) is 14.3. The Morgan fingerprint density at radius 3 is 2.13 bits per heavy atom. The van der Waals surface area contributed by atoms with Crippen LogP contribution in [0.5, 0.6) is 5.75 Å². The zero-order chi connectivity index (χ0) is 22.0. The van der Waals surface area contributed by atoms with Crippen molar-refractivity contribution in [3.05, 3.63) is 71.5 Å². The Balaban J connectivity index is 2.04. The molecule has 2 aromatic carbocycles. The number of hydrogen-bond acceptors (Lipinski definition) is 3. The van der Waals surface area contributed by atoms with Crippen molar-refractivity contribution >= 4 is 11.5 Å². The maximum absolute atomic E-state index is 13.6. The summed E-state index contributed by atoms with van der Waals surface area (Å²) in [5, 5.41) is 0. The molecule has 3 nitrogen and oxygen atoms in total. The zero-order valence-corrected chi connectivity index (χ0v) is 16.1. The summed E-state index contributed by atoms with van der Waals surface area (Å²) in [4.78, 5) is 15.1.